The van der Waals surface area contributed by atoms with Gasteiger partial charge in [-0.2, -0.15) is 10.1 Å². The van der Waals surface area contributed by atoms with Crippen LogP contribution in [0.1, 0.15) is 25.2 Å². The van der Waals surface area contributed by atoms with Gasteiger partial charge < -0.3 is 0 Å². The molecule has 9 heteroatoms. The minimum atomic E-state index is -3.81. The van der Waals surface area contributed by atoms with Crippen LogP contribution in [-0.2, 0) is 16.6 Å². The largest absolute Gasteiger partial charge is 0.268 e. The zero-order valence-electron chi connectivity index (χ0n) is 14.1. The van der Waals surface area contributed by atoms with Crippen LogP contribution in [0.4, 0.5) is 5.95 Å². The number of pyridine rings is 1. The summed E-state index contributed by atoms with van der Waals surface area (Å²) in [6, 6.07) is 5.36. The van der Waals surface area contributed by atoms with Crippen LogP contribution in [0, 0.1) is 19.8 Å². The van der Waals surface area contributed by atoms with E-state index in [-0.39, 0.29) is 10.8 Å². The summed E-state index contributed by atoms with van der Waals surface area (Å²) in [5, 5.41) is 8.48. The summed E-state index contributed by atoms with van der Waals surface area (Å²) in [6.45, 7) is 8.23. The number of sulfonamides is 1. The fourth-order valence-corrected chi connectivity index (χ4v) is 3.99. The lowest BCUT2D eigenvalue weighted by atomic mass is 10.2. The highest BCUT2D eigenvalue weighted by Crippen LogP contribution is 2.22. The molecule has 0 saturated carbocycles. The fraction of sp³-hybridized carbons (Fsp3) is 0.400. The molecular formula is C15H20N6O2S. The highest BCUT2D eigenvalue weighted by molar-refractivity contribution is 7.92. The number of rotatable bonds is 5. The number of anilines is 1. The number of aryl methyl sites for hydroxylation is 1. The van der Waals surface area contributed by atoms with E-state index in [1.807, 2.05) is 6.07 Å². The minimum absolute atomic E-state index is 0.0385. The molecule has 3 aromatic rings. The molecule has 0 saturated heterocycles. The first-order valence-corrected chi connectivity index (χ1v) is 9.14. The zero-order valence-corrected chi connectivity index (χ0v) is 14.9. The van der Waals surface area contributed by atoms with Crippen LogP contribution in [0.25, 0.3) is 5.65 Å². The van der Waals surface area contributed by atoms with E-state index in [1.165, 1.54) is 4.52 Å². The second-order valence-corrected chi connectivity index (χ2v) is 7.74. The van der Waals surface area contributed by atoms with E-state index in [1.54, 1.807) is 36.9 Å². The van der Waals surface area contributed by atoms with Gasteiger partial charge in [0.05, 0.1) is 11.4 Å². The van der Waals surface area contributed by atoms with Gasteiger partial charge in [0.25, 0.3) is 16.0 Å². The van der Waals surface area contributed by atoms with E-state index in [0.717, 1.165) is 0 Å². The molecule has 8 nitrogen and oxygen atoms in total. The Hall–Kier alpha value is -2.42. The van der Waals surface area contributed by atoms with Crippen molar-refractivity contribution in [2.24, 2.45) is 5.92 Å². The molecule has 128 valence electrons. The maximum Gasteiger partial charge on any atom is 0.267 e. The highest BCUT2D eigenvalue weighted by Gasteiger charge is 2.26. The second kappa shape index (κ2) is 5.90. The lowest BCUT2D eigenvalue weighted by Gasteiger charge is -2.08. The normalized spacial score (nSPS) is 12.2. The Morgan fingerprint density at radius 2 is 1.96 bits per heavy atom. The van der Waals surface area contributed by atoms with E-state index in [9.17, 15) is 8.42 Å². The van der Waals surface area contributed by atoms with Gasteiger partial charge in [-0.25, -0.2) is 17.7 Å². The number of hydrogen-bond donors (Lipinski definition) is 1. The average molecular weight is 348 g/mol. The van der Waals surface area contributed by atoms with Crippen LogP contribution < -0.4 is 4.72 Å². The Balaban J connectivity index is 1.97. The molecule has 3 rings (SSSR count). The number of nitrogens with zero attached hydrogens (tertiary/aromatic N) is 5. The predicted octanol–water partition coefficient (Wildman–Crippen LogP) is 2.00. The van der Waals surface area contributed by atoms with E-state index in [0.29, 0.717) is 29.5 Å². The Bertz CT molecular complexity index is 954. The van der Waals surface area contributed by atoms with Crippen LogP contribution in [0.2, 0.25) is 0 Å². The first kappa shape index (κ1) is 16.4. The Morgan fingerprint density at radius 3 is 2.62 bits per heavy atom. The maximum atomic E-state index is 12.8. The monoisotopic (exact) mass is 348 g/mol. The van der Waals surface area contributed by atoms with Crippen LogP contribution in [-0.4, -0.2) is 32.8 Å². The quantitative estimate of drug-likeness (QED) is 0.761. The van der Waals surface area contributed by atoms with Crippen LogP contribution in [0.5, 0.6) is 0 Å². The number of hydrogen-bond acceptors (Lipinski definition) is 5. The van der Waals surface area contributed by atoms with Gasteiger partial charge in [-0.1, -0.05) is 19.9 Å². The fourth-order valence-electron chi connectivity index (χ4n) is 2.64. The lowest BCUT2D eigenvalue weighted by molar-refractivity contribution is 0.472. The standard InChI is InChI=1S/C15H20N6O2S/c1-10(2)9-21-12(4)14(11(3)17-21)24(22,23)19-15-16-13-7-5-6-8-20(13)18-15/h5-8,10H,9H2,1-4H3,(H,18,19). The SMILES string of the molecule is Cc1nn(CC(C)C)c(C)c1S(=O)(=O)Nc1nc2ccccn2n1. The summed E-state index contributed by atoms with van der Waals surface area (Å²) in [7, 11) is -3.81. The molecule has 3 heterocycles. The average Bonchev–Trinajstić information content (AvgIpc) is 2.98. The van der Waals surface area contributed by atoms with Crippen molar-refractivity contribution >= 4 is 21.6 Å². The number of nitrogens with one attached hydrogen (secondary N) is 1. The minimum Gasteiger partial charge on any atom is -0.268 e. The van der Waals surface area contributed by atoms with E-state index in [4.69, 9.17) is 0 Å². The van der Waals surface area contributed by atoms with Gasteiger partial charge in [0.15, 0.2) is 5.65 Å². The third-order valence-electron chi connectivity index (χ3n) is 3.59. The third kappa shape index (κ3) is 2.99. The predicted molar refractivity (Wildman–Crippen MR) is 90.3 cm³/mol. The van der Waals surface area contributed by atoms with Crippen LogP contribution in [0.15, 0.2) is 29.3 Å². The molecule has 0 bridgehead atoms. The number of aromatic nitrogens is 5. The molecule has 0 atom stereocenters. The molecule has 0 aromatic carbocycles. The molecule has 0 aliphatic heterocycles. The van der Waals surface area contributed by atoms with Gasteiger partial charge in [-0.3, -0.25) is 4.68 Å². The van der Waals surface area contributed by atoms with Gasteiger partial charge in [-0.15, -0.1) is 5.10 Å². The van der Waals surface area contributed by atoms with Crippen molar-refractivity contribution in [1.82, 2.24) is 24.4 Å². The van der Waals surface area contributed by atoms with E-state index >= 15 is 0 Å². The molecule has 24 heavy (non-hydrogen) atoms. The maximum absolute atomic E-state index is 12.8. The number of fused-ring (bicyclic) bond motifs is 1. The van der Waals surface area contributed by atoms with Crippen molar-refractivity contribution in [3.8, 4) is 0 Å². The van der Waals surface area contributed by atoms with Gasteiger partial charge in [-0.05, 0) is 31.9 Å². The molecule has 0 radical (unpaired) electrons. The van der Waals surface area contributed by atoms with Crippen LogP contribution in [0.3, 0.4) is 0 Å². The molecule has 3 aromatic heterocycles. The molecular weight excluding hydrogens is 328 g/mol. The van der Waals surface area contributed by atoms with Gasteiger partial charge in [0.1, 0.15) is 4.90 Å². The highest BCUT2D eigenvalue weighted by atomic mass is 32.2. The Morgan fingerprint density at radius 1 is 1.21 bits per heavy atom. The Kier molecular flexibility index (Phi) is 4.04. The third-order valence-corrected chi connectivity index (χ3v) is 5.17. The van der Waals surface area contributed by atoms with Gasteiger partial charge in [0.2, 0.25) is 0 Å². The van der Waals surface area contributed by atoms with E-state index in [2.05, 4.69) is 33.8 Å². The second-order valence-electron chi connectivity index (χ2n) is 6.12. The molecule has 0 spiro atoms. The van der Waals surface area contributed by atoms with Crippen molar-refractivity contribution in [3.63, 3.8) is 0 Å². The molecule has 1 N–H and O–H groups in total. The van der Waals surface area contributed by atoms with E-state index < -0.39 is 10.0 Å². The van der Waals surface area contributed by atoms with Crippen LogP contribution >= 0.6 is 0 Å². The van der Waals surface area contributed by atoms with Crippen molar-refractivity contribution < 1.29 is 8.42 Å². The smallest absolute Gasteiger partial charge is 0.267 e. The summed E-state index contributed by atoms with van der Waals surface area (Å²) < 4.78 is 31.2. The van der Waals surface area contributed by atoms with Crippen molar-refractivity contribution in [3.05, 3.63) is 35.8 Å². The summed E-state index contributed by atoms with van der Waals surface area (Å²) in [5.41, 5.74) is 1.64. The van der Waals surface area contributed by atoms with Crippen molar-refractivity contribution in [2.75, 3.05) is 4.72 Å². The first-order valence-electron chi connectivity index (χ1n) is 7.66. The molecule has 0 amide bonds. The topological polar surface area (TPSA) is 94.2 Å². The summed E-state index contributed by atoms with van der Waals surface area (Å²) >= 11 is 0. The first-order chi connectivity index (χ1) is 11.3. The van der Waals surface area contributed by atoms with Gasteiger partial charge >= 0.3 is 0 Å². The summed E-state index contributed by atoms with van der Waals surface area (Å²) in [5.74, 6) is 0.406. The summed E-state index contributed by atoms with van der Waals surface area (Å²) in [6.07, 6.45) is 1.71. The lowest BCUT2D eigenvalue weighted by Crippen LogP contribution is -2.16. The van der Waals surface area contributed by atoms with Crippen molar-refractivity contribution in [2.45, 2.75) is 39.1 Å². The van der Waals surface area contributed by atoms with Gasteiger partial charge in [0, 0.05) is 12.7 Å². The zero-order chi connectivity index (χ0) is 17.5. The molecule has 0 fully saturated rings. The molecule has 0 aliphatic carbocycles. The molecule has 0 aliphatic rings. The molecule has 0 unspecified atom stereocenters. The Labute approximate surface area is 140 Å². The van der Waals surface area contributed by atoms with Crippen molar-refractivity contribution in [1.29, 1.82) is 0 Å². The summed E-state index contributed by atoms with van der Waals surface area (Å²) in [4.78, 5) is 4.35.